The van der Waals surface area contributed by atoms with Crippen molar-refractivity contribution in [2.45, 2.75) is 104 Å². The number of aliphatic hydroxyl groups excluding tert-OH is 2. The quantitative estimate of drug-likeness (QED) is 0.360. The van der Waals surface area contributed by atoms with Gasteiger partial charge in [0.05, 0.1) is 12.2 Å². The Labute approximate surface area is 240 Å². The minimum atomic E-state index is -0.285. The lowest BCUT2D eigenvalue weighted by molar-refractivity contribution is -0.174. The molecule has 4 fully saturated rings. The summed E-state index contributed by atoms with van der Waals surface area (Å²) < 4.78 is 5.78. The van der Waals surface area contributed by atoms with Crippen molar-refractivity contribution in [3.63, 3.8) is 0 Å². The summed E-state index contributed by atoms with van der Waals surface area (Å²) in [6, 6.07) is 5.82. The van der Waals surface area contributed by atoms with Gasteiger partial charge in [-0.3, -0.25) is 4.79 Å². The van der Waals surface area contributed by atoms with Crippen molar-refractivity contribution in [1.29, 1.82) is 0 Å². The fourth-order valence-electron chi connectivity index (χ4n) is 10.4. The van der Waals surface area contributed by atoms with E-state index in [9.17, 15) is 15.0 Å². The summed E-state index contributed by atoms with van der Waals surface area (Å²) in [5.41, 5.74) is 3.07. The SMILES string of the molecule is C=C1C=C(C)c2ccc(NC(=O)CC[C@@H](C)[C@H]3CC[C@H]4[C@@H]5CC[C@@H]6C[C@H](O)CC[C@]6(C)[C@H]5CC(O)[C@]34C)cc2O1. The lowest BCUT2D eigenvalue weighted by atomic mass is 9.43. The largest absolute Gasteiger partial charge is 0.457 e. The maximum atomic E-state index is 13.0. The van der Waals surface area contributed by atoms with Crippen LogP contribution < -0.4 is 10.1 Å². The van der Waals surface area contributed by atoms with Crippen LogP contribution in [-0.4, -0.2) is 28.3 Å². The van der Waals surface area contributed by atoms with E-state index in [1.54, 1.807) is 0 Å². The van der Waals surface area contributed by atoms with E-state index < -0.39 is 0 Å². The van der Waals surface area contributed by atoms with Crippen molar-refractivity contribution >= 4 is 17.2 Å². The third kappa shape index (κ3) is 4.56. The van der Waals surface area contributed by atoms with E-state index in [4.69, 9.17) is 4.74 Å². The zero-order chi connectivity index (χ0) is 28.4. The molecular weight excluding hydrogens is 498 g/mol. The second kappa shape index (κ2) is 10.3. The van der Waals surface area contributed by atoms with Crippen LogP contribution in [0.25, 0.3) is 5.57 Å². The molecule has 1 unspecified atom stereocenters. The Kier molecular flexibility index (Phi) is 7.22. The molecule has 0 bridgehead atoms. The maximum absolute atomic E-state index is 13.0. The molecule has 5 nitrogen and oxygen atoms in total. The molecule has 0 saturated heterocycles. The Hall–Kier alpha value is -2.11. The molecule has 10 atom stereocenters. The molecule has 40 heavy (non-hydrogen) atoms. The van der Waals surface area contributed by atoms with Gasteiger partial charge in [-0.25, -0.2) is 0 Å². The molecule has 3 N–H and O–H groups in total. The van der Waals surface area contributed by atoms with Gasteiger partial charge in [0.15, 0.2) is 0 Å². The van der Waals surface area contributed by atoms with E-state index in [0.717, 1.165) is 61.1 Å². The Morgan fingerprint density at radius 2 is 1.93 bits per heavy atom. The number of ether oxygens (including phenoxy) is 1. The van der Waals surface area contributed by atoms with Crippen molar-refractivity contribution in [3.05, 3.63) is 42.2 Å². The minimum Gasteiger partial charge on any atom is -0.457 e. The summed E-state index contributed by atoms with van der Waals surface area (Å²) in [6.07, 6.45) is 11.5. The molecule has 1 amide bonds. The summed E-state index contributed by atoms with van der Waals surface area (Å²) in [6.45, 7) is 13.1. The molecule has 0 spiro atoms. The van der Waals surface area contributed by atoms with Crippen LogP contribution in [-0.2, 0) is 4.79 Å². The van der Waals surface area contributed by atoms with Crippen LogP contribution >= 0.6 is 0 Å². The molecule has 0 radical (unpaired) electrons. The van der Waals surface area contributed by atoms with E-state index in [-0.39, 0.29) is 28.9 Å². The smallest absolute Gasteiger partial charge is 0.224 e. The van der Waals surface area contributed by atoms with Gasteiger partial charge in [-0.05, 0) is 135 Å². The van der Waals surface area contributed by atoms with E-state index in [0.29, 0.717) is 47.7 Å². The first-order valence-electron chi connectivity index (χ1n) is 15.9. The second-order valence-corrected chi connectivity index (χ2v) is 14.6. The van der Waals surface area contributed by atoms with E-state index in [1.165, 1.54) is 19.3 Å². The number of carbonyl (C=O) groups excluding carboxylic acids is 1. The summed E-state index contributed by atoms with van der Waals surface area (Å²) >= 11 is 0. The molecule has 6 rings (SSSR count). The van der Waals surface area contributed by atoms with Gasteiger partial charge in [0, 0.05) is 23.7 Å². The van der Waals surface area contributed by atoms with Gasteiger partial charge < -0.3 is 20.3 Å². The summed E-state index contributed by atoms with van der Waals surface area (Å²) in [5.74, 6) is 4.63. The van der Waals surface area contributed by atoms with Gasteiger partial charge in [-0.15, -0.1) is 0 Å². The number of benzene rings is 1. The van der Waals surface area contributed by atoms with Gasteiger partial charge in [0.1, 0.15) is 11.5 Å². The normalized spacial score (nSPS) is 41.0. The highest BCUT2D eigenvalue weighted by atomic mass is 16.5. The third-order valence-corrected chi connectivity index (χ3v) is 12.6. The fraction of sp³-hybridized carbons (Fsp3) is 0.686. The van der Waals surface area contributed by atoms with E-state index >= 15 is 0 Å². The molecular formula is C35H49NO4. The Balaban J connectivity index is 1.09. The van der Waals surface area contributed by atoms with E-state index in [1.807, 2.05) is 31.2 Å². The monoisotopic (exact) mass is 547 g/mol. The fourth-order valence-corrected chi connectivity index (χ4v) is 10.4. The summed E-state index contributed by atoms with van der Waals surface area (Å²) in [4.78, 5) is 13.0. The second-order valence-electron chi connectivity index (χ2n) is 14.6. The van der Waals surface area contributed by atoms with E-state index in [2.05, 4.69) is 32.7 Å². The summed E-state index contributed by atoms with van der Waals surface area (Å²) in [5, 5.41) is 25.2. The Bertz CT molecular complexity index is 1210. The lowest BCUT2D eigenvalue weighted by Crippen LogP contribution is -2.58. The highest BCUT2D eigenvalue weighted by molar-refractivity contribution is 5.91. The minimum absolute atomic E-state index is 0.0309. The molecule has 4 aliphatic carbocycles. The van der Waals surface area contributed by atoms with Gasteiger partial charge in [-0.1, -0.05) is 27.4 Å². The molecule has 5 heteroatoms. The molecule has 1 aliphatic heterocycles. The van der Waals surface area contributed by atoms with Crippen molar-refractivity contribution < 1.29 is 19.7 Å². The number of hydrogen-bond donors (Lipinski definition) is 3. The van der Waals surface area contributed by atoms with Crippen molar-refractivity contribution in [2.24, 2.45) is 46.3 Å². The Morgan fingerprint density at radius 3 is 2.73 bits per heavy atom. The van der Waals surface area contributed by atoms with Crippen LogP contribution in [0.1, 0.15) is 97.5 Å². The van der Waals surface area contributed by atoms with Crippen molar-refractivity contribution in [1.82, 2.24) is 0 Å². The molecule has 0 aromatic heterocycles. The molecule has 1 aromatic carbocycles. The van der Waals surface area contributed by atoms with Crippen LogP contribution in [0, 0.1) is 46.3 Å². The van der Waals surface area contributed by atoms with Crippen LogP contribution in [0.15, 0.2) is 36.6 Å². The maximum Gasteiger partial charge on any atom is 0.224 e. The Morgan fingerprint density at radius 1 is 1.12 bits per heavy atom. The predicted molar refractivity (Wildman–Crippen MR) is 160 cm³/mol. The van der Waals surface area contributed by atoms with Gasteiger partial charge in [0.25, 0.3) is 0 Å². The van der Waals surface area contributed by atoms with Crippen LogP contribution in [0.4, 0.5) is 5.69 Å². The average molecular weight is 548 g/mol. The first kappa shape index (κ1) is 28.0. The van der Waals surface area contributed by atoms with Crippen LogP contribution in [0.3, 0.4) is 0 Å². The number of rotatable bonds is 5. The number of hydrogen-bond acceptors (Lipinski definition) is 4. The van der Waals surface area contributed by atoms with Crippen LogP contribution in [0.5, 0.6) is 5.75 Å². The third-order valence-electron chi connectivity index (χ3n) is 12.6. The molecule has 1 aromatic rings. The highest BCUT2D eigenvalue weighted by Gasteiger charge is 2.63. The predicted octanol–water partition coefficient (Wildman–Crippen LogP) is 7.34. The molecule has 5 aliphatic rings. The zero-order valence-corrected chi connectivity index (χ0v) is 24.9. The number of carbonyl (C=O) groups is 1. The highest BCUT2D eigenvalue weighted by Crippen LogP contribution is 2.68. The first-order chi connectivity index (χ1) is 19.0. The molecule has 1 heterocycles. The lowest BCUT2D eigenvalue weighted by Gasteiger charge is -2.62. The van der Waals surface area contributed by atoms with Crippen molar-refractivity contribution in [2.75, 3.05) is 5.32 Å². The first-order valence-corrected chi connectivity index (χ1v) is 15.9. The topological polar surface area (TPSA) is 78.8 Å². The standard InChI is InChI=1S/C35H49NO4/c1-20(6-13-33(39)36-24-8-10-26-21(2)16-22(3)40-31(26)18-24)28-11-12-29-27-9-7-23-17-25(37)14-15-34(23,4)30(27)19-32(38)35(28,29)5/h8,10,16,18,20,23,25,27-30,32,37-38H,3,6-7,9,11-15,17,19H2,1-2,4-5H3,(H,36,39)/t20-,23-,25-,27+,28-,29+,30+,32?,34+,35-/m1/s1. The number of anilines is 1. The molecule has 218 valence electrons. The number of amides is 1. The van der Waals surface area contributed by atoms with Crippen LogP contribution in [0.2, 0.25) is 0 Å². The van der Waals surface area contributed by atoms with Crippen molar-refractivity contribution in [3.8, 4) is 5.75 Å². The number of aliphatic hydroxyl groups is 2. The van der Waals surface area contributed by atoms with Gasteiger partial charge >= 0.3 is 0 Å². The zero-order valence-electron chi connectivity index (χ0n) is 24.9. The van der Waals surface area contributed by atoms with Gasteiger partial charge in [-0.2, -0.15) is 0 Å². The van der Waals surface area contributed by atoms with Gasteiger partial charge in [0.2, 0.25) is 5.91 Å². The average Bonchev–Trinajstić information content (AvgIpc) is 3.27. The number of fused-ring (bicyclic) bond motifs is 6. The number of allylic oxidation sites excluding steroid dienone is 2. The number of nitrogens with one attached hydrogen (secondary N) is 1. The summed E-state index contributed by atoms with van der Waals surface area (Å²) in [7, 11) is 0. The molecule has 4 saturated carbocycles.